The van der Waals surface area contributed by atoms with Gasteiger partial charge in [0.25, 0.3) is 0 Å². The van der Waals surface area contributed by atoms with E-state index < -0.39 is 0 Å². The average Bonchev–Trinajstić information content (AvgIpc) is 2.69. The van der Waals surface area contributed by atoms with E-state index in [1.807, 2.05) is 39.1 Å². The van der Waals surface area contributed by atoms with Crippen LogP contribution in [0.4, 0.5) is 0 Å². The Morgan fingerprint density at radius 2 is 2.16 bits per heavy atom. The van der Waals surface area contributed by atoms with E-state index in [4.69, 9.17) is 20.9 Å². The van der Waals surface area contributed by atoms with Crippen LogP contribution in [0.5, 0.6) is 5.75 Å². The molecule has 19 heavy (non-hydrogen) atoms. The molecule has 1 aromatic heterocycles. The Labute approximate surface area is 117 Å². The molecule has 1 aromatic carbocycles. The molecule has 2 rings (SSSR count). The minimum Gasteiger partial charge on any atom is -0.488 e. The first-order valence-electron chi connectivity index (χ1n) is 6.09. The largest absolute Gasteiger partial charge is 0.488 e. The van der Waals surface area contributed by atoms with Crippen molar-refractivity contribution >= 4 is 11.6 Å². The summed E-state index contributed by atoms with van der Waals surface area (Å²) in [5, 5.41) is 7.71. The number of halogens is 1. The number of nitrogens with one attached hydrogen (secondary N) is 1. The molecular weight excluding hydrogens is 264 g/mol. The monoisotopic (exact) mass is 280 g/mol. The zero-order valence-electron chi connectivity index (χ0n) is 11.3. The van der Waals surface area contributed by atoms with Crippen molar-refractivity contribution in [1.29, 1.82) is 0 Å². The normalized spacial score (nSPS) is 10.7. The molecule has 0 saturated carbocycles. The highest BCUT2D eigenvalue weighted by molar-refractivity contribution is 6.30. The minimum absolute atomic E-state index is 0.444. The molecule has 4 nitrogen and oxygen atoms in total. The Balaban J connectivity index is 2.15. The number of aryl methyl sites for hydroxylation is 2. The lowest BCUT2D eigenvalue weighted by atomic mass is 10.2. The summed E-state index contributed by atoms with van der Waals surface area (Å²) < 4.78 is 11.0. The predicted octanol–water partition coefficient (Wildman–Crippen LogP) is 3.24. The SMILES string of the molecule is CNCc1cc(Cl)ccc1OCc1c(C)noc1C. The molecule has 0 amide bonds. The molecule has 0 aliphatic rings. The third kappa shape index (κ3) is 3.28. The highest BCUT2D eigenvalue weighted by atomic mass is 35.5. The van der Waals surface area contributed by atoms with Gasteiger partial charge < -0.3 is 14.6 Å². The maximum atomic E-state index is 5.99. The van der Waals surface area contributed by atoms with Crippen LogP contribution in [0.25, 0.3) is 0 Å². The van der Waals surface area contributed by atoms with Gasteiger partial charge >= 0.3 is 0 Å². The van der Waals surface area contributed by atoms with E-state index in [1.165, 1.54) is 0 Å². The van der Waals surface area contributed by atoms with E-state index in [1.54, 1.807) is 0 Å². The van der Waals surface area contributed by atoms with Gasteiger partial charge in [-0.1, -0.05) is 16.8 Å². The van der Waals surface area contributed by atoms with E-state index in [2.05, 4.69) is 10.5 Å². The molecular formula is C14H17ClN2O2. The number of rotatable bonds is 5. The van der Waals surface area contributed by atoms with Crippen molar-refractivity contribution in [2.45, 2.75) is 27.0 Å². The fourth-order valence-electron chi connectivity index (χ4n) is 1.88. The molecule has 0 radical (unpaired) electrons. The van der Waals surface area contributed by atoms with Crippen molar-refractivity contribution in [1.82, 2.24) is 10.5 Å². The smallest absolute Gasteiger partial charge is 0.140 e. The average molecular weight is 281 g/mol. The second kappa shape index (κ2) is 6.08. The molecule has 1 heterocycles. The molecule has 0 aliphatic heterocycles. The molecule has 0 fully saturated rings. The Kier molecular flexibility index (Phi) is 4.45. The summed E-state index contributed by atoms with van der Waals surface area (Å²) in [6, 6.07) is 5.61. The maximum absolute atomic E-state index is 5.99. The van der Waals surface area contributed by atoms with Gasteiger partial charge in [-0.3, -0.25) is 0 Å². The lowest BCUT2D eigenvalue weighted by Gasteiger charge is -2.11. The fourth-order valence-corrected chi connectivity index (χ4v) is 2.07. The van der Waals surface area contributed by atoms with Crippen molar-refractivity contribution in [2.24, 2.45) is 0 Å². The van der Waals surface area contributed by atoms with Gasteiger partial charge in [0.1, 0.15) is 18.1 Å². The van der Waals surface area contributed by atoms with Gasteiger partial charge in [-0.25, -0.2) is 0 Å². The molecule has 2 aromatic rings. The van der Waals surface area contributed by atoms with Gasteiger partial charge in [-0.05, 0) is 39.1 Å². The molecule has 0 atom stereocenters. The summed E-state index contributed by atoms with van der Waals surface area (Å²) in [7, 11) is 1.89. The number of nitrogens with zero attached hydrogens (tertiary/aromatic N) is 1. The van der Waals surface area contributed by atoms with Crippen molar-refractivity contribution in [3.8, 4) is 5.75 Å². The third-order valence-electron chi connectivity index (χ3n) is 2.94. The van der Waals surface area contributed by atoms with Crippen LogP contribution in [-0.4, -0.2) is 12.2 Å². The first-order valence-corrected chi connectivity index (χ1v) is 6.47. The van der Waals surface area contributed by atoms with E-state index >= 15 is 0 Å². The Morgan fingerprint density at radius 3 is 2.79 bits per heavy atom. The maximum Gasteiger partial charge on any atom is 0.140 e. The number of hydrogen-bond donors (Lipinski definition) is 1. The summed E-state index contributed by atoms with van der Waals surface area (Å²) in [6.07, 6.45) is 0. The van der Waals surface area contributed by atoms with Gasteiger partial charge in [0, 0.05) is 17.1 Å². The van der Waals surface area contributed by atoms with Crippen molar-refractivity contribution in [3.63, 3.8) is 0 Å². The van der Waals surface area contributed by atoms with Crippen LogP contribution in [0.3, 0.4) is 0 Å². The molecule has 0 bridgehead atoms. The molecule has 0 saturated heterocycles. The standard InChI is InChI=1S/C14H17ClN2O2/c1-9-13(10(2)19-17-9)8-18-14-5-4-12(15)6-11(14)7-16-3/h4-6,16H,7-8H2,1-3H3. The highest BCUT2D eigenvalue weighted by Crippen LogP contribution is 2.24. The molecule has 102 valence electrons. The fraction of sp³-hybridized carbons (Fsp3) is 0.357. The summed E-state index contributed by atoms with van der Waals surface area (Å²) in [6.45, 7) is 4.94. The van der Waals surface area contributed by atoms with Gasteiger partial charge in [0.15, 0.2) is 0 Å². The van der Waals surface area contributed by atoms with Crippen LogP contribution >= 0.6 is 11.6 Å². The van der Waals surface area contributed by atoms with Crippen molar-refractivity contribution in [2.75, 3.05) is 7.05 Å². The topological polar surface area (TPSA) is 47.3 Å². The van der Waals surface area contributed by atoms with E-state index in [0.717, 1.165) is 28.3 Å². The Hall–Kier alpha value is -1.52. The van der Waals surface area contributed by atoms with Crippen LogP contribution in [-0.2, 0) is 13.2 Å². The van der Waals surface area contributed by atoms with Gasteiger partial charge in [0.2, 0.25) is 0 Å². The first kappa shape index (κ1) is 13.9. The molecule has 1 N–H and O–H groups in total. The Morgan fingerprint density at radius 1 is 1.37 bits per heavy atom. The number of benzene rings is 1. The van der Waals surface area contributed by atoms with Crippen LogP contribution in [0.1, 0.15) is 22.6 Å². The number of aromatic nitrogens is 1. The van der Waals surface area contributed by atoms with Gasteiger partial charge in [-0.2, -0.15) is 0 Å². The first-order chi connectivity index (χ1) is 9.11. The second-order valence-corrected chi connectivity index (χ2v) is 4.81. The highest BCUT2D eigenvalue weighted by Gasteiger charge is 2.11. The third-order valence-corrected chi connectivity index (χ3v) is 3.18. The van der Waals surface area contributed by atoms with E-state index in [-0.39, 0.29) is 0 Å². The summed E-state index contributed by atoms with van der Waals surface area (Å²) in [5.41, 5.74) is 2.88. The zero-order chi connectivity index (χ0) is 13.8. The summed E-state index contributed by atoms with van der Waals surface area (Å²) in [4.78, 5) is 0. The lowest BCUT2D eigenvalue weighted by Crippen LogP contribution is -2.08. The van der Waals surface area contributed by atoms with Gasteiger partial charge in [-0.15, -0.1) is 0 Å². The minimum atomic E-state index is 0.444. The van der Waals surface area contributed by atoms with Crippen LogP contribution in [0.15, 0.2) is 22.7 Å². The number of ether oxygens (including phenoxy) is 1. The van der Waals surface area contributed by atoms with Crippen LogP contribution < -0.4 is 10.1 Å². The van der Waals surface area contributed by atoms with Crippen LogP contribution in [0.2, 0.25) is 5.02 Å². The molecule has 5 heteroatoms. The van der Waals surface area contributed by atoms with Crippen molar-refractivity contribution < 1.29 is 9.26 Å². The quantitative estimate of drug-likeness (QED) is 0.913. The zero-order valence-corrected chi connectivity index (χ0v) is 12.0. The van der Waals surface area contributed by atoms with Crippen LogP contribution in [0, 0.1) is 13.8 Å². The molecule has 0 aliphatic carbocycles. The summed E-state index contributed by atoms with van der Waals surface area (Å²) >= 11 is 5.99. The van der Waals surface area contributed by atoms with E-state index in [9.17, 15) is 0 Å². The van der Waals surface area contributed by atoms with Gasteiger partial charge in [0.05, 0.1) is 11.3 Å². The predicted molar refractivity (Wildman–Crippen MR) is 74.5 cm³/mol. The number of hydrogen-bond acceptors (Lipinski definition) is 4. The lowest BCUT2D eigenvalue weighted by molar-refractivity contribution is 0.298. The second-order valence-electron chi connectivity index (χ2n) is 4.37. The summed E-state index contributed by atoms with van der Waals surface area (Å²) in [5.74, 6) is 1.61. The molecule has 0 unspecified atom stereocenters. The Bertz CT molecular complexity index is 547. The molecule has 0 spiro atoms. The van der Waals surface area contributed by atoms with Crippen molar-refractivity contribution in [3.05, 3.63) is 45.8 Å². The van der Waals surface area contributed by atoms with E-state index in [0.29, 0.717) is 18.2 Å².